The SMILES string of the molecule is COc1ccc(CN(C)C2CCc3nn(-c4ccccn4)c(O)c3C2)cc1. The van der Waals surface area contributed by atoms with E-state index < -0.39 is 0 Å². The van der Waals surface area contributed by atoms with E-state index in [0.717, 1.165) is 42.8 Å². The highest BCUT2D eigenvalue weighted by atomic mass is 16.5. The first-order chi connectivity index (χ1) is 13.2. The first-order valence-corrected chi connectivity index (χ1v) is 9.20. The van der Waals surface area contributed by atoms with E-state index in [1.54, 1.807) is 18.0 Å². The van der Waals surface area contributed by atoms with Gasteiger partial charge in [0.2, 0.25) is 5.88 Å². The number of pyridine rings is 1. The maximum Gasteiger partial charge on any atom is 0.219 e. The van der Waals surface area contributed by atoms with Gasteiger partial charge < -0.3 is 9.84 Å². The molecule has 2 heterocycles. The van der Waals surface area contributed by atoms with E-state index in [1.807, 2.05) is 30.3 Å². The summed E-state index contributed by atoms with van der Waals surface area (Å²) in [5.74, 6) is 1.73. The largest absolute Gasteiger partial charge is 0.497 e. The molecule has 0 saturated heterocycles. The smallest absolute Gasteiger partial charge is 0.219 e. The third-order valence-electron chi connectivity index (χ3n) is 5.27. The Morgan fingerprint density at radius 2 is 2.04 bits per heavy atom. The average molecular weight is 364 g/mol. The normalized spacial score (nSPS) is 16.3. The number of hydrogen-bond acceptors (Lipinski definition) is 5. The molecule has 0 radical (unpaired) electrons. The standard InChI is InChI=1S/C21H24N4O2/c1-24(14-15-6-9-17(27-2)10-7-15)16-8-11-19-18(13-16)21(26)25(23-19)20-5-3-4-12-22-20/h3-7,9-10,12,16,26H,8,11,13-14H2,1-2H3. The van der Waals surface area contributed by atoms with Crippen molar-refractivity contribution in [1.29, 1.82) is 0 Å². The Labute approximate surface area is 159 Å². The zero-order chi connectivity index (χ0) is 18.8. The maximum atomic E-state index is 10.7. The van der Waals surface area contributed by atoms with Crippen LogP contribution in [0.2, 0.25) is 0 Å². The first kappa shape index (κ1) is 17.5. The highest BCUT2D eigenvalue weighted by molar-refractivity contribution is 5.39. The summed E-state index contributed by atoms with van der Waals surface area (Å²) < 4.78 is 6.78. The molecule has 0 fully saturated rings. The number of hydrogen-bond donors (Lipinski definition) is 1. The molecule has 27 heavy (non-hydrogen) atoms. The van der Waals surface area contributed by atoms with Gasteiger partial charge in [-0.1, -0.05) is 18.2 Å². The maximum absolute atomic E-state index is 10.7. The van der Waals surface area contributed by atoms with E-state index in [9.17, 15) is 5.11 Å². The van der Waals surface area contributed by atoms with E-state index in [4.69, 9.17) is 4.74 Å². The Morgan fingerprint density at radius 1 is 1.22 bits per heavy atom. The molecule has 6 nitrogen and oxygen atoms in total. The topological polar surface area (TPSA) is 63.4 Å². The molecular formula is C21H24N4O2. The van der Waals surface area contributed by atoms with Crippen LogP contribution in [0.15, 0.2) is 48.7 Å². The number of nitrogens with zero attached hydrogens (tertiary/aromatic N) is 4. The molecule has 1 atom stereocenters. The molecule has 1 unspecified atom stereocenters. The summed E-state index contributed by atoms with van der Waals surface area (Å²) in [6, 6.07) is 14.1. The Hall–Kier alpha value is -2.86. The summed E-state index contributed by atoms with van der Waals surface area (Å²) in [5, 5.41) is 15.3. The van der Waals surface area contributed by atoms with Gasteiger partial charge in [0.1, 0.15) is 5.75 Å². The quantitative estimate of drug-likeness (QED) is 0.754. The molecular weight excluding hydrogens is 340 g/mol. The Balaban J connectivity index is 1.49. The van der Waals surface area contributed by atoms with E-state index in [2.05, 4.69) is 34.2 Å². The van der Waals surface area contributed by atoms with Gasteiger partial charge in [0.05, 0.1) is 12.8 Å². The van der Waals surface area contributed by atoms with Crippen LogP contribution in [0.3, 0.4) is 0 Å². The highest BCUT2D eigenvalue weighted by Gasteiger charge is 2.28. The molecule has 4 rings (SSSR count). The van der Waals surface area contributed by atoms with Gasteiger partial charge in [0.15, 0.2) is 5.82 Å². The minimum Gasteiger partial charge on any atom is -0.497 e. The van der Waals surface area contributed by atoms with Gasteiger partial charge in [-0.05, 0) is 56.1 Å². The van der Waals surface area contributed by atoms with E-state index in [1.165, 1.54) is 5.56 Å². The van der Waals surface area contributed by atoms with Crippen molar-refractivity contribution >= 4 is 0 Å². The van der Waals surface area contributed by atoms with E-state index in [0.29, 0.717) is 11.9 Å². The van der Waals surface area contributed by atoms with Crippen LogP contribution < -0.4 is 4.74 Å². The number of aromatic nitrogens is 3. The van der Waals surface area contributed by atoms with Gasteiger partial charge in [-0.25, -0.2) is 4.98 Å². The van der Waals surface area contributed by atoms with Crippen LogP contribution in [0.5, 0.6) is 11.6 Å². The molecule has 2 aromatic heterocycles. The fourth-order valence-electron chi connectivity index (χ4n) is 3.70. The van der Waals surface area contributed by atoms with Gasteiger partial charge in [-0.15, -0.1) is 0 Å². The molecule has 0 bridgehead atoms. The van der Waals surface area contributed by atoms with Gasteiger partial charge in [0, 0.05) is 24.3 Å². The zero-order valence-corrected chi connectivity index (χ0v) is 15.7. The Morgan fingerprint density at radius 3 is 2.74 bits per heavy atom. The molecule has 0 spiro atoms. The zero-order valence-electron chi connectivity index (χ0n) is 15.7. The molecule has 3 aromatic rings. The summed E-state index contributed by atoms with van der Waals surface area (Å²) in [5.41, 5.74) is 3.17. The van der Waals surface area contributed by atoms with Crippen molar-refractivity contribution in [1.82, 2.24) is 19.7 Å². The van der Waals surface area contributed by atoms with Gasteiger partial charge in [0.25, 0.3) is 0 Å². The molecule has 1 N–H and O–H groups in total. The second-order valence-electron chi connectivity index (χ2n) is 7.01. The van der Waals surface area contributed by atoms with Crippen LogP contribution in [0.1, 0.15) is 23.2 Å². The molecule has 1 aromatic carbocycles. The van der Waals surface area contributed by atoms with Crippen molar-refractivity contribution in [2.75, 3.05) is 14.2 Å². The number of fused-ring (bicyclic) bond motifs is 1. The number of aromatic hydroxyl groups is 1. The van der Waals surface area contributed by atoms with Crippen LogP contribution in [-0.2, 0) is 19.4 Å². The first-order valence-electron chi connectivity index (χ1n) is 9.20. The summed E-state index contributed by atoms with van der Waals surface area (Å²) in [7, 11) is 3.82. The Bertz CT molecular complexity index is 906. The fourth-order valence-corrected chi connectivity index (χ4v) is 3.70. The van der Waals surface area contributed by atoms with Crippen molar-refractivity contribution in [2.45, 2.75) is 31.8 Å². The monoisotopic (exact) mass is 364 g/mol. The second kappa shape index (κ2) is 7.40. The van der Waals surface area contributed by atoms with Crippen molar-refractivity contribution in [3.8, 4) is 17.4 Å². The minimum atomic E-state index is 0.214. The van der Waals surface area contributed by atoms with Gasteiger partial charge in [-0.2, -0.15) is 9.78 Å². The summed E-state index contributed by atoms with van der Waals surface area (Å²) in [4.78, 5) is 6.65. The lowest BCUT2D eigenvalue weighted by molar-refractivity contribution is 0.212. The number of aryl methyl sites for hydroxylation is 1. The average Bonchev–Trinajstić information content (AvgIpc) is 3.05. The summed E-state index contributed by atoms with van der Waals surface area (Å²) >= 11 is 0. The lowest BCUT2D eigenvalue weighted by Crippen LogP contribution is -2.35. The van der Waals surface area contributed by atoms with Crippen molar-refractivity contribution < 1.29 is 9.84 Å². The van der Waals surface area contributed by atoms with Crippen molar-refractivity contribution in [3.05, 3.63) is 65.5 Å². The molecule has 0 saturated carbocycles. The Kier molecular flexibility index (Phi) is 4.81. The van der Waals surface area contributed by atoms with Gasteiger partial charge in [-0.3, -0.25) is 4.90 Å². The van der Waals surface area contributed by atoms with Crippen molar-refractivity contribution in [3.63, 3.8) is 0 Å². The number of methoxy groups -OCH3 is 1. The van der Waals surface area contributed by atoms with E-state index >= 15 is 0 Å². The fraction of sp³-hybridized carbons (Fsp3) is 0.333. The summed E-state index contributed by atoms with van der Waals surface area (Å²) in [6.45, 7) is 0.860. The van der Waals surface area contributed by atoms with Crippen molar-refractivity contribution in [2.24, 2.45) is 0 Å². The third-order valence-corrected chi connectivity index (χ3v) is 5.27. The van der Waals surface area contributed by atoms with Crippen LogP contribution in [0.25, 0.3) is 5.82 Å². The predicted octanol–water partition coefficient (Wildman–Crippen LogP) is 2.97. The minimum absolute atomic E-state index is 0.214. The summed E-state index contributed by atoms with van der Waals surface area (Å²) in [6.07, 6.45) is 4.39. The molecule has 1 aliphatic rings. The second-order valence-corrected chi connectivity index (χ2v) is 7.01. The molecule has 0 amide bonds. The lowest BCUT2D eigenvalue weighted by Gasteiger charge is -2.30. The number of ether oxygens (including phenoxy) is 1. The molecule has 0 aliphatic heterocycles. The predicted molar refractivity (Wildman–Crippen MR) is 103 cm³/mol. The lowest BCUT2D eigenvalue weighted by atomic mass is 9.92. The molecule has 140 valence electrons. The molecule has 1 aliphatic carbocycles. The van der Waals surface area contributed by atoms with Crippen LogP contribution >= 0.6 is 0 Å². The third kappa shape index (κ3) is 3.53. The van der Waals surface area contributed by atoms with Gasteiger partial charge >= 0.3 is 0 Å². The number of likely N-dealkylation sites (N-methyl/N-ethyl adjacent to an activating group) is 1. The number of benzene rings is 1. The highest BCUT2D eigenvalue weighted by Crippen LogP contribution is 2.32. The molecule has 6 heteroatoms. The number of rotatable bonds is 5. The van der Waals surface area contributed by atoms with E-state index in [-0.39, 0.29) is 5.88 Å². The van der Waals surface area contributed by atoms with Crippen LogP contribution in [-0.4, -0.2) is 45.0 Å². The van der Waals surface area contributed by atoms with Crippen LogP contribution in [0.4, 0.5) is 0 Å². The van der Waals surface area contributed by atoms with Crippen LogP contribution in [0, 0.1) is 0 Å².